The number of pyridine rings is 1. The average molecular weight is 410 g/mol. The molecule has 4 bridgehead atoms. The van der Waals surface area contributed by atoms with Crippen LogP contribution >= 0.6 is 0 Å². The van der Waals surface area contributed by atoms with Crippen molar-refractivity contribution in [2.24, 2.45) is 10.5 Å². The van der Waals surface area contributed by atoms with Crippen LogP contribution in [0.4, 0.5) is 5.69 Å². The number of hydrogen-bond acceptors (Lipinski definition) is 5. The summed E-state index contributed by atoms with van der Waals surface area (Å²) in [4.78, 5) is 31.8. The first kappa shape index (κ1) is 18.8. The monoisotopic (exact) mass is 410 g/mol. The second-order valence-electron chi connectivity index (χ2n) is 8.53. The maximum Gasteiger partial charge on any atom is 0.271 e. The lowest BCUT2D eigenvalue weighted by molar-refractivity contribution is -1.30. The first-order valence-corrected chi connectivity index (χ1v) is 10.1. The summed E-state index contributed by atoms with van der Waals surface area (Å²) in [6, 6.07) is 9.78. The molecule has 6 rings (SSSR count). The molecule has 1 aromatic carbocycles. The number of carbonyl (C=O) groups excluding carboxylic acids is 1. The van der Waals surface area contributed by atoms with Crippen molar-refractivity contribution < 1.29 is 24.4 Å². The zero-order chi connectivity index (χ0) is 20.7. The van der Waals surface area contributed by atoms with Crippen LogP contribution in [0.3, 0.4) is 0 Å². The average Bonchev–Trinajstić information content (AvgIpc) is 2.73. The molecule has 2 aromatic rings. The van der Waals surface area contributed by atoms with Gasteiger partial charge in [0.1, 0.15) is 19.6 Å². The standard InChI is InChI=1S/C20H21N7O3/c28-19(16-5-7-21-8-6-16)23-22-18(15-1-3-17(4-2-15)27(29)30)20-9-24-12-25(10-20)14-26(11-20)13-24/h1-8H,9-14H2,(H,23,28)/p+3. The zero-order valence-electron chi connectivity index (χ0n) is 16.4. The molecule has 1 amide bonds. The van der Waals surface area contributed by atoms with Gasteiger partial charge in [-0.05, 0) is 29.8 Å². The fourth-order valence-electron chi connectivity index (χ4n) is 5.40. The van der Waals surface area contributed by atoms with Crippen molar-refractivity contribution in [1.29, 1.82) is 0 Å². The van der Waals surface area contributed by atoms with Crippen LogP contribution in [0.25, 0.3) is 0 Å². The van der Waals surface area contributed by atoms with E-state index in [0.29, 0.717) is 5.56 Å². The van der Waals surface area contributed by atoms with Gasteiger partial charge in [0.05, 0.1) is 10.6 Å². The number of hydrazone groups is 1. The lowest BCUT2D eigenvalue weighted by atomic mass is 9.74. The Bertz CT molecular complexity index is 972. The summed E-state index contributed by atoms with van der Waals surface area (Å²) in [6.45, 7) is 6.22. The molecule has 0 radical (unpaired) electrons. The van der Waals surface area contributed by atoms with E-state index in [2.05, 4.69) is 15.5 Å². The quantitative estimate of drug-likeness (QED) is 0.235. The first-order valence-electron chi connectivity index (χ1n) is 10.1. The number of quaternary nitrogens is 3. The van der Waals surface area contributed by atoms with Gasteiger partial charge in [0, 0.05) is 30.1 Å². The summed E-state index contributed by atoms with van der Waals surface area (Å²) in [7, 11) is 0. The van der Waals surface area contributed by atoms with Crippen molar-refractivity contribution in [3.8, 4) is 0 Å². The molecule has 10 heteroatoms. The molecule has 10 nitrogen and oxygen atoms in total. The lowest BCUT2D eigenvalue weighted by Crippen LogP contribution is -3.56. The summed E-state index contributed by atoms with van der Waals surface area (Å²) in [5.41, 5.74) is 4.71. The van der Waals surface area contributed by atoms with Crippen LogP contribution in [-0.2, 0) is 0 Å². The molecule has 1 aromatic heterocycles. The van der Waals surface area contributed by atoms with E-state index < -0.39 is 4.92 Å². The molecule has 5 heterocycles. The number of nitro benzene ring substituents is 1. The fourth-order valence-corrected chi connectivity index (χ4v) is 5.40. The minimum atomic E-state index is -0.405. The Kier molecular flexibility index (Phi) is 4.54. The third-order valence-electron chi connectivity index (χ3n) is 6.33. The molecule has 4 aliphatic heterocycles. The van der Waals surface area contributed by atoms with Gasteiger partial charge in [-0.15, -0.1) is 0 Å². The zero-order valence-corrected chi connectivity index (χ0v) is 16.4. The number of non-ortho nitro benzene ring substituents is 1. The number of rotatable bonds is 5. The Morgan fingerprint density at radius 2 is 1.53 bits per heavy atom. The lowest BCUT2D eigenvalue weighted by Gasteiger charge is -2.52. The van der Waals surface area contributed by atoms with Crippen LogP contribution in [-0.4, -0.2) is 61.2 Å². The molecular weight excluding hydrogens is 386 g/mol. The SMILES string of the molecule is O=C(NN=C(c1ccc([N+](=O)[O-])cc1)C12C[NH+]3C[NH+](C[NH+](C3)C1)C2)c1ccncc1. The summed E-state index contributed by atoms with van der Waals surface area (Å²) in [5, 5.41) is 15.7. The highest BCUT2D eigenvalue weighted by Gasteiger charge is 2.60. The van der Waals surface area contributed by atoms with E-state index in [9.17, 15) is 14.9 Å². The smallest absolute Gasteiger partial charge is 0.267 e. The van der Waals surface area contributed by atoms with Crippen molar-refractivity contribution >= 4 is 17.3 Å². The van der Waals surface area contributed by atoms with Gasteiger partial charge in [-0.25, -0.2) is 20.1 Å². The minimum absolute atomic E-state index is 0.0440. The molecule has 4 N–H and O–H groups in total. The minimum Gasteiger partial charge on any atom is -0.267 e. The van der Waals surface area contributed by atoms with Crippen molar-refractivity contribution in [3.63, 3.8) is 0 Å². The summed E-state index contributed by atoms with van der Waals surface area (Å²) >= 11 is 0. The number of aromatic nitrogens is 1. The number of amides is 1. The number of hydrogen-bond donors (Lipinski definition) is 4. The predicted molar refractivity (Wildman–Crippen MR) is 106 cm³/mol. The van der Waals surface area contributed by atoms with Crippen molar-refractivity contribution in [2.45, 2.75) is 0 Å². The van der Waals surface area contributed by atoms with E-state index in [1.807, 2.05) is 0 Å². The van der Waals surface area contributed by atoms with Gasteiger partial charge in [0.25, 0.3) is 11.6 Å². The van der Waals surface area contributed by atoms with Gasteiger partial charge in [0.15, 0.2) is 5.41 Å². The second kappa shape index (κ2) is 7.24. The van der Waals surface area contributed by atoms with E-state index in [4.69, 9.17) is 0 Å². The van der Waals surface area contributed by atoms with E-state index in [1.54, 1.807) is 51.4 Å². The van der Waals surface area contributed by atoms with E-state index in [0.717, 1.165) is 50.9 Å². The molecule has 4 aliphatic rings. The molecule has 0 spiro atoms. The highest BCUT2D eigenvalue weighted by molar-refractivity contribution is 6.06. The summed E-state index contributed by atoms with van der Waals surface area (Å²) in [5.74, 6) is -0.297. The molecule has 4 fully saturated rings. The second-order valence-corrected chi connectivity index (χ2v) is 8.53. The highest BCUT2D eigenvalue weighted by Crippen LogP contribution is 2.24. The van der Waals surface area contributed by atoms with Crippen LogP contribution < -0.4 is 20.1 Å². The predicted octanol–water partition coefficient (Wildman–Crippen LogP) is -3.32. The van der Waals surface area contributed by atoms with E-state index in [1.165, 1.54) is 12.1 Å². The maximum absolute atomic E-state index is 12.6. The Hall–Kier alpha value is -3.21. The Labute approximate surface area is 172 Å². The molecule has 0 saturated carbocycles. The van der Waals surface area contributed by atoms with Gasteiger partial charge in [-0.2, -0.15) is 5.10 Å². The number of benzene rings is 1. The molecule has 0 unspecified atom stereocenters. The molecular formula is C20H24N7O3+3. The summed E-state index contributed by atoms with van der Waals surface area (Å²) in [6.07, 6.45) is 3.14. The Balaban J connectivity index is 1.51. The number of nitrogens with one attached hydrogen (secondary N) is 4. The van der Waals surface area contributed by atoms with Gasteiger partial charge in [-0.1, -0.05) is 0 Å². The van der Waals surface area contributed by atoms with Gasteiger partial charge in [-0.3, -0.25) is 19.9 Å². The molecule has 0 atom stereocenters. The molecule has 0 aliphatic carbocycles. The fraction of sp³-hybridized carbons (Fsp3) is 0.350. The maximum atomic E-state index is 12.6. The van der Waals surface area contributed by atoms with Crippen LogP contribution in [0, 0.1) is 15.5 Å². The van der Waals surface area contributed by atoms with Crippen molar-refractivity contribution in [2.75, 3.05) is 39.6 Å². The normalized spacial score (nSPS) is 29.6. The Morgan fingerprint density at radius 1 is 0.967 bits per heavy atom. The molecule has 30 heavy (non-hydrogen) atoms. The van der Waals surface area contributed by atoms with Crippen molar-refractivity contribution in [3.05, 3.63) is 70.0 Å². The van der Waals surface area contributed by atoms with Crippen LogP contribution in [0.2, 0.25) is 0 Å². The van der Waals surface area contributed by atoms with Gasteiger partial charge in [0.2, 0.25) is 20.0 Å². The number of carbonyl (C=O) groups is 1. The van der Waals surface area contributed by atoms with E-state index >= 15 is 0 Å². The highest BCUT2D eigenvalue weighted by atomic mass is 16.6. The van der Waals surface area contributed by atoms with Crippen LogP contribution in [0.5, 0.6) is 0 Å². The van der Waals surface area contributed by atoms with Gasteiger partial charge >= 0.3 is 0 Å². The third-order valence-corrected chi connectivity index (χ3v) is 6.33. The first-order chi connectivity index (χ1) is 14.5. The molecule has 154 valence electrons. The van der Waals surface area contributed by atoms with Crippen molar-refractivity contribution in [1.82, 2.24) is 10.4 Å². The number of nitro groups is 1. The largest absolute Gasteiger partial charge is 0.271 e. The Morgan fingerprint density at radius 3 is 2.07 bits per heavy atom. The topological polar surface area (TPSA) is 111 Å². The molecule has 4 saturated heterocycles. The summed E-state index contributed by atoms with van der Waals surface area (Å²) < 4.78 is 0. The van der Waals surface area contributed by atoms with Crippen LogP contribution in [0.15, 0.2) is 53.9 Å². The van der Waals surface area contributed by atoms with E-state index in [-0.39, 0.29) is 17.0 Å². The number of nitrogens with zero attached hydrogens (tertiary/aromatic N) is 3. The third kappa shape index (κ3) is 3.34. The van der Waals surface area contributed by atoms with Gasteiger partial charge < -0.3 is 0 Å². The van der Waals surface area contributed by atoms with Crippen LogP contribution in [0.1, 0.15) is 15.9 Å².